The second-order valence-corrected chi connectivity index (χ2v) is 5.67. The fourth-order valence-electron chi connectivity index (χ4n) is 2.73. The van der Waals surface area contributed by atoms with Crippen LogP contribution in [0, 0.1) is 0 Å². The van der Waals surface area contributed by atoms with Gasteiger partial charge in [0.25, 0.3) is 0 Å². The minimum Gasteiger partial charge on any atom is -0.497 e. The maximum absolute atomic E-state index is 6.14. The van der Waals surface area contributed by atoms with Crippen molar-refractivity contribution in [2.24, 2.45) is 4.99 Å². The molecule has 1 unspecified atom stereocenters. The van der Waals surface area contributed by atoms with Crippen LogP contribution in [0.2, 0.25) is 0 Å². The van der Waals surface area contributed by atoms with Crippen molar-refractivity contribution in [2.75, 3.05) is 31.5 Å². The highest BCUT2D eigenvalue weighted by Crippen LogP contribution is 2.31. The number of hydrogen-bond acceptors (Lipinski definition) is 3. The van der Waals surface area contributed by atoms with E-state index in [2.05, 4.69) is 36.2 Å². The highest BCUT2D eigenvalue weighted by atomic mass is 35.5. The van der Waals surface area contributed by atoms with Gasteiger partial charge in [-0.05, 0) is 12.1 Å². The Hall–Kier alpha value is -2.00. The van der Waals surface area contributed by atoms with E-state index in [1.165, 1.54) is 0 Å². The van der Waals surface area contributed by atoms with Crippen molar-refractivity contribution in [3.63, 3.8) is 0 Å². The van der Waals surface area contributed by atoms with Crippen molar-refractivity contribution in [2.45, 2.75) is 6.04 Å². The number of fused-ring (bicyclic) bond motifs is 1. The minimum absolute atomic E-state index is 0.175. The van der Waals surface area contributed by atoms with E-state index in [0.29, 0.717) is 12.4 Å². The molecule has 2 aromatic rings. The Morgan fingerprint density at radius 3 is 2.68 bits per heavy atom. The van der Waals surface area contributed by atoms with Gasteiger partial charge in [0.15, 0.2) is 0 Å². The molecule has 114 valence electrons. The Bertz CT molecular complexity index is 685. The Morgan fingerprint density at radius 2 is 2.00 bits per heavy atom. The summed E-state index contributed by atoms with van der Waals surface area (Å²) in [6.07, 6.45) is 0. The van der Waals surface area contributed by atoms with E-state index in [4.69, 9.17) is 21.3 Å². The molecule has 1 atom stereocenters. The van der Waals surface area contributed by atoms with E-state index < -0.39 is 0 Å². The third kappa shape index (κ3) is 2.69. The lowest BCUT2D eigenvalue weighted by Crippen LogP contribution is -2.35. The van der Waals surface area contributed by atoms with E-state index in [9.17, 15) is 0 Å². The summed E-state index contributed by atoms with van der Waals surface area (Å²) in [6, 6.07) is 16.6. The Labute approximate surface area is 136 Å². The summed E-state index contributed by atoms with van der Waals surface area (Å²) in [5.74, 6) is 1.38. The number of rotatable bonds is 3. The summed E-state index contributed by atoms with van der Waals surface area (Å²) in [7, 11) is 3.75. The van der Waals surface area contributed by atoms with Gasteiger partial charge in [0, 0.05) is 35.8 Å². The second kappa shape index (κ2) is 6.41. The summed E-state index contributed by atoms with van der Waals surface area (Å²) < 4.78 is 5.38. The number of methoxy groups -OCH3 is 1. The van der Waals surface area contributed by atoms with Crippen LogP contribution in [0.15, 0.2) is 53.5 Å². The highest BCUT2D eigenvalue weighted by Gasteiger charge is 2.24. The standard InChI is InChI=1S/C18H19ClN2O/c1-21-14(11-19)12-20-18(13-6-4-3-5-7-13)16-9-8-15(22-2)10-17(16)21/h3-10,14H,11-12H2,1-2H3. The molecule has 3 nitrogen and oxygen atoms in total. The van der Waals surface area contributed by atoms with Gasteiger partial charge in [0.2, 0.25) is 0 Å². The summed E-state index contributed by atoms with van der Waals surface area (Å²) >= 11 is 6.14. The van der Waals surface area contributed by atoms with Crippen LogP contribution < -0.4 is 9.64 Å². The van der Waals surface area contributed by atoms with Gasteiger partial charge in [-0.25, -0.2) is 0 Å². The molecule has 1 heterocycles. The smallest absolute Gasteiger partial charge is 0.120 e. The lowest BCUT2D eigenvalue weighted by atomic mass is 10.00. The first-order valence-electron chi connectivity index (χ1n) is 7.31. The van der Waals surface area contributed by atoms with Crippen molar-refractivity contribution in [1.82, 2.24) is 0 Å². The van der Waals surface area contributed by atoms with Crippen LogP contribution >= 0.6 is 11.6 Å². The molecular formula is C18H19ClN2O. The Morgan fingerprint density at radius 1 is 1.23 bits per heavy atom. The molecule has 0 radical (unpaired) electrons. The van der Waals surface area contributed by atoms with E-state index >= 15 is 0 Å². The van der Waals surface area contributed by atoms with Crippen molar-refractivity contribution in [1.29, 1.82) is 0 Å². The number of ether oxygens (including phenoxy) is 1. The molecule has 0 bridgehead atoms. The quantitative estimate of drug-likeness (QED) is 0.809. The zero-order valence-corrected chi connectivity index (χ0v) is 13.5. The van der Waals surface area contributed by atoms with Crippen molar-refractivity contribution in [3.05, 3.63) is 59.7 Å². The number of benzodiazepines with no additional fused rings is 1. The largest absolute Gasteiger partial charge is 0.497 e. The third-order valence-electron chi connectivity index (χ3n) is 4.07. The molecule has 22 heavy (non-hydrogen) atoms. The second-order valence-electron chi connectivity index (χ2n) is 5.36. The first-order valence-corrected chi connectivity index (χ1v) is 7.85. The van der Waals surface area contributed by atoms with Gasteiger partial charge >= 0.3 is 0 Å². The molecule has 2 aromatic carbocycles. The summed E-state index contributed by atoms with van der Waals surface area (Å²) in [6.45, 7) is 0.682. The average molecular weight is 315 g/mol. The molecule has 0 aromatic heterocycles. The molecular weight excluding hydrogens is 296 g/mol. The zero-order chi connectivity index (χ0) is 15.5. The number of aliphatic imine (C=N–C) groups is 1. The molecule has 0 amide bonds. The summed E-state index contributed by atoms with van der Waals surface area (Å²) in [5.41, 5.74) is 4.35. The van der Waals surface area contributed by atoms with E-state index in [1.807, 2.05) is 24.3 Å². The normalized spacial score (nSPS) is 17.5. The number of likely N-dealkylation sites (N-methyl/N-ethyl adjacent to an activating group) is 1. The monoisotopic (exact) mass is 314 g/mol. The van der Waals surface area contributed by atoms with Crippen LogP contribution in [0.5, 0.6) is 5.75 Å². The highest BCUT2D eigenvalue weighted by molar-refractivity contribution is 6.19. The first kappa shape index (κ1) is 14.9. The fourth-order valence-corrected chi connectivity index (χ4v) is 3.03. The molecule has 0 saturated heterocycles. The molecule has 1 aliphatic heterocycles. The predicted molar refractivity (Wildman–Crippen MR) is 92.9 cm³/mol. The Kier molecular flexibility index (Phi) is 4.34. The van der Waals surface area contributed by atoms with Gasteiger partial charge in [-0.1, -0.05) is 30.3 Å². The van der Waals surface area contributed by atoms with Crippen LogP contribution in [0.1, 0.15) is 11.1 Å². The number of nitrogens with zero attached hydrogens (tertiary/aromatic N) is 2. The zero-order valence-electron chi connectivity index (χ0n) is 12.8. The van der Waals surface area contributed by atoms with Crippen LogP contribution in [-0.2, 0) is 0 Å². The molecule has 1 aliphatic rings. The molecule has 0 fully saturated rings. The maximum Gasteiger partial charge on any atom is 0.120 e. The number of alkyl halides is 1. The minimum atomic E-state index is 0.175. The van der Waals surface area contributed by atoms with Gasteiger partial charge in [0.1, 0.15) is 5.75 Å². The van der Waals surface area contributed by atoms with Gasteiger partial charge in [-0.2, -0.15) is 0 Å². The lowest BCUT2D eigenvalue weighted by molar-refractivity contribution is 0.414. The Balaban J connectivity index is 2.16. The predicted octanol–water partition coefficient (Wildman–Crippen LogP) is 3.59. The van der Waals surface area contributed by atoms with E-state index in [-0.39, 0.29) is 6.04 Å². The van der Waals surface area contributed by atoms with Crippen LogP contribution in [0.25, 0.3) is 0 Å². The summed E-state index contributed by atoms with van der Waals surface area (Å²) in [4.78, 5) is 7.04. The van der Waals surface area contributed by atoms with Gasteiger partial charge in [0.05, 0.1) is 25.4 Å². The topological polar surface area (TPSA) is 24.8 Å². The van der Waals surface area contributed by atoms with Crippen LogP contribution in [-0.4, -0.2) is 38.3 Å². The van der Waals surface area contributed by atoms with Gasteiger partial charge in [-0.15, -0.1) is 11.6 Å². The van der Waals surface area contributed by atoms with E-state index in [0.717, 1.165) is 28.3 Å². The number of halogens is 1. The molecule has 3 rings (SSSR count). The van der Waals surface area contributed by atoms with Crippen molar-refractivity contribution >= 4 is 23.0 Å². The number of hydrogen-bond donors (Lipinski definition) is 0. The number of benzene rings is 2. The van der Waals surface area contributed by atoms with Gasteiger partial charge in [-0.3, -0.25) is 4.99 Å². The molecule has 0 aliphatic carbocycles. The lowest BCUT2D eigenvalue weighted by Gasteiger charge is -2.27. The van der Waals surface area contributed by atoms with Gasteiger partial charge < -0.3 is 9.64 Å². The fraction of sp³-hybridized carbons (Fsp3) is 0.278. The third-order valence-corrected chi connectivity index (χ3v) is 4.43. The molecule has 0 N–H and O–H groups in total. The summed E-state index contributed by atoms with van der Waals surface area (Å²) in [5, 5.41) is 0. The van der Waals surface area contributed by atoms with E-state index in [1.54, 1.807) is 7.11 Å². The maximum atomic E-state index is 6.14. The average Bonchev–Trinajstić information content (AvgIpc) is 2.72. The number of anilines is 1. The van der Waals surface area contributed by atoms with Crippen molar-refractivity contribution in [3.8, 4) is 5.75 Å². The molecule has 4 heteroatoms. The first-order chi connectivity index (χ1) is 10.7. The SMILES string of the molecule is COc1ccc2c(c1)N(C)C(CCl)CN=C2c1ccccc1. The molecule has 0 saturated carbocycles. The van der Waals surface area contributed by atoms with Crippen molar-refractivity contribution < 1.29 is 4.74 Å². The molecule has 0 spiro atoms. The van der Waals surface area contributed by atoms with Crippen LogP contribution in [0.4, 0.5) is 5.69 Å². The van der Waals surface area contributed by atoms with Crippen LogP contribution in [0.3, 0.4) is 0 Å².